The molecule has 0 aromatic rings. The van der Waals surface area contributed by atoms with E-state index in [1.54, 1.807) is 0 Å². The van der Waals surface area contributed by atoms with Gasteiger partial charge in [0.25, 0.3) is 0 Å². The van der Waals surface area contributed by atoms with Crippen LogP contribution in [0.25, 0.3) is 0 Å². The van der Waals surface area contributed by atoms with Gasteiger partial charge in [0.05, 0.1) is 0 Å². The number of fused-ring (bicyclic) bond motifs is 1. The van der Waals surface area contributed by atoms with E-state index in [0.717, 1.165) is 0 Å². The maximum absolute atomic E-state index is 10.9. The van der Waals surface area contributed by atoms with Crippen molar-refractivity contribution in [1.82, 2.24) is 0 Å². The summed E-state index contributed by atoms with van der Waals surface area (Å²) in [6, 6.07) is 0. The van der Waals surface area contributed by atoms with Crippen molar-refractivity contribution < 1.29 is 9.59 Å². The van der Waals surface area contributed by atoms with Gasteiger partial charge in [0.15, 0.2) is 0 Å². The van der Waals surface area contributed by atoms with Crippen LogP contribution in [0.5, 0.6) is 0 Å². The molecule has 0 saturated heterocycles. The first kappa shape index (κ1) is 9.17. The van der Waals surface area contributed by atoms with Crippen LogP contribution in [-0.4, -0.2) is 11.6 Å². The number of rotatable bonds is 0. The molecule has 2 rings (SSSR count). The first-order valence-electron chi connectivity index (χ1n) is 4.29. The zero-order valence-electron chi connectivity index (χ0n) is 7.21. The van der Waals surface area contributed by atoms with E-state index in [9.17, 15) is 9.59 Å². The van der Waals surface area contributed by atoms with Crippen LogP contribution in [0, 0.1) is 11.8 Å². The van der Waals surface area contributed by atoms with Gasteiger partial charge >= 0.3 is 0 Å². The molecule has 12 heavy (non-hydrogen) atoms. The van der Waals surface area contributed by atoms with E-state index in [-0.39, 0.29) is 0 Å². The molecule has 2 heteroatoms. The van der Waals surface area contributed by atoms with E-state index >= 15 is 0 Å². The molecule has 0 bridgehead atoms. The van der Waals surface area contributed by atoms with Gasteiger partial charge in [-0.2, -0.15) is 0 Å². The van der Waals surface area contributed by atoms with E-state index in [1.165, 1.54) is 0 Å². The lowest BCUT2D eigenvalue weighted by atomic mass is 10.0. The first-order chi connectivity index (χ1) is 5.75. The molecule has 2 fully saturated rings. The second kappa shape index (κ2) is 3.65. The Morgan fingerprint density at radius 1 is 0.833 bits per heavy atom. The SMILES string of the molecule is C=C.O=C1C[C@H]2CC(=O)C[C@H]2C1. The topological polar surface area (TPSA) is 34.1 Å². The van der Waals surface area contributed by atoms with Gasteiger partial charge < -0.3 is 0 Å². The van der Waals surface area contributed by atoms with Crippen LogP contribution in [0.15, 0.2) is 13.2 Å². The van der Waals surface area contributed by atoms with Crippen molar-refractivity contribution >= 4 is 11.6 Å². The zero-order valence-corrected chi connectivity index (χ0v) is 7.21. The largest absolute Gasteiger partial charge is 0.300 e. The van der Waals surface area contributed by atoms with Gasteiger partial charge in [0.1, 0.15) is 11.6 Å². The highest BCUT2D eigenvalue weighted by Crippen LogP contribution is 2.40. The van der Waals surface area contributed by atoms with Crippen LogP contribution < -0.4 is 0 Å². The number of carbonyl (C=O) groups excluding carboxylic acids is 2. The Hall–Kier alpha value is -0.920. The van der Waals surface area contributed by atoms with Crippen molar-refractivity contribution in [2.24, 2.45) is 11.8 Å². The second-order valence-corrected chi connectivity index (χ2v) is 3.41. The molecule has 2 saturated carbocycles. The molecular formula is C10H14O2. The minimum absolute atomic E-state index is 0.363. The highest BCUT2D eigenvalue weighted by Gasteiger charge is 2.40. The minimum Gasteiger partial charge on any atom is -0.300 e. The highest BCUT2D eigenvalue weighted by molar-refractivity contribution is 5.88. The van der Waals surface area contributed by atoms with Crippen LogP contribution in [0.4, 0.5) is 0 Å². The van der Waals surface area contributed by atoms with E-state index < -0.39 is 0 Å². The first-order valence-corrected chi connectivity index (χ1v) is 4.29. The number of carbonyl (C=O) groups is 2. The normalized spacial score (nSPS) is 32.7. The van der Waals surface area contributed by atoms with Gasteiger partial charge in [0.2, 0.25) is 0 Å². The van der Waals surface area contributed by atoms with Crippen LogP contribution in [0.3, 0.4) is 0 Å². The molecule has 0 unspecified atom stereocenters. The number of Topliss-reactive ketones (excluding diaryl/α,β-unsaturated/α-hetero) is 2. The lowest BCUT2D eigenvalue weighted by Gasteiger charge is -2.01. The minimum atomic E-state index is 0.363. The molecule has 0 radical (unpaired) electrons. The molecule has 2 aliphatic rings. The standard InChI is InChI=1S/C8H10O2.C2H4/c9-7-1-5-2-8(10)4-6(5)3-7;1-2/h5-6H,1-4H2;1-2H2/t5-,6+;. The lowest BCUT2D eigenvalue weighted by Crippen LogP contribution is -1.96. The van der Waals surface area contributed by atoms with Crippen LogP contribution in [-0.2, 0) is 9.59 Å². The lowest BCUT2D eigenvalue weighted by molar-refractivity contribution is -0.119. The predicted octanol–water partition coefficient (Wildman–Crippen LogP) is 1.75. The van der Waals surface area contributed by atoms with Gasteiger partial charge in [0, 0.05) is 25.7 Å². The van der Waals surface area contributed by atoms with Gasteiger partial charge in [-0.3, -0.25) is 9.59 Å². The molecule has 0 heterocycles. The van der Waals surface area contributed by atoms with E-state index in [4.69, 9.17) is 0 Å². The fourth-order valence-electron chi connectivity index (χ4n) is 2.15. The van der Waals surface area contributed by atoms with E-state index in [1.807, 2.05) is 0 Å². The van der Waals surface area contributed by atoms with Crippen LogP contribution in [0.2, 0.25) is 0 Å². The monoisotopic (exact) mass is 166 g/mol. The average Bonchev–Trinajstić information content (AvgIpc) is 2.48. The fraction of sp³-hybridized carbons (Fsp3) is 0.600. The number of hydrogen-bond donors (Lipinski definition) is 0. The second-order valence-electron chi connectivity index (χ2n) is 3.41. The highest BCUT2D eigenvalue weighted by atomic mass is 16.1. The summed E-state index contributed by atoms with van der Waals surface area (Å²) in [4.78, 5) is 21.7. The van der Waals surface area contributed by atoms with Crippen LogP contribution in [0.1, 0.15) is 25.7 Å². The van der Waals surface area contributed by atoms with Crippen molar-refractivity contribution in [2.75, 3.05) is 0 Å². The molecule has 0 amide bonds. The third-order valence-electron chi connectivity index (χ3n) is 2.63. The quantitative estimate of drug-likeness (QED) is 0.514. The molecule has 0 aromatic heterocycles. The molecule has 0 aliphatic heterocycles. The Bertz CT molecular complexity index is 170. The number of hydrogen-bond acceptors (Lipinski definition) is 2. The average molecular weight is 166 g/mol. The number of ketones is 2. The third kappa shape index (κ3) is 1.63. The third-order valence-corrected chi connectivity index (χ3v) is 2.63. The molecule has 0 spiro atoms. The molecule has 0 aromatic carbocycles. The summed E-state index contributed by atoms with van der Waals surface area (Å²) < 4.78 is 0. The van der Waals surface area contributed by atoms with E-state index in [0.29, 0.717) is 49.1 Å². The van der Waals surface area contributed by atoms with Gasteiger partial charge in [-0.25, -0.2) is 0 Å². The Labute approximate surface area is 72.7 Å². The summed E-state index contributed by atoms with van der Waals surface area (Å²) in [6.07, 6.45) is 2.71. The van der Waals surface area contributed by atoms with Gasteiger partial charge in [-0.1, -0.05) is 0 Å². The van der Waals surface area contributed by atoms with E-state index in [2.05, 4.69) is 13.2 Å². The van der Waals surface area contributed by atoms with Crippen molar-refractivity contribution in [1.29, 1.82) is 0 Å². The summed E-state index contributed by atoms with van der Waals surface area (Å²) in [7, 11) is 0. The molecule has 0 atom stereocenters. The van der Waals surface area contributed by atoms with Gasteiger partial charge in [-0.05, 0) is 11.8 Å². The summed E-state index contributed by atoms with van der Waals surface area (Å²) in [5.74, 6) is 1.59. The maximum Gasteiger partial charge on any atom is 0.133 e. The summed E-state index contributed by atoms with van der Waals surface area (Å²) in [5, 5.41) is 0. The molecule has 0 N–H and O–H groups in total. The summed E-state index contributed by atoms with van der Waals surface area (Å²) >= 11 is 0. The Morgan fingerprint density at radius 3 is 1.33 bits per heavy atom. The van der Waals surface area contributed by atoms with Crippen molar-refractivity contribution in [3.05, 3.63) is 13.2 Å². The smallest absolute Gasteiger partial charge is 0.133 e. The fourth-order valence-corrected chi connectivity index (χ4v) is 2.15. The summed E-state index contributed by atoms with van der Waals surface area (Å²) in [6.45, 7) is 6.00. The van der Waals surface area contributed by atoms with Crippen molar-refractivity contribution in [3.8, 4) is 0 Å². The van der Waals surface area contributed by atoms with Crippen molar-refractivity contribution in [2.45, 2.75) is 25.7 Å². The molecule has 66 valence electrons. The Kier molecular flexibility index (Phi) is 2.79. The Balaban J connectivity index is 0.000000336. The maximum atomic E-state index is 10.9. The molecular weight excluding hydrogens is 152 g/mol. The molecule has 2 aliphatic carbocycles. The zero-order chi connectivity index (χ0) is 9.14. The predicted molar refractivity (Wildman–Crippen MR) is 46.7 cm³/mol. The Morgan fingerprint density at radius 2 is 1.08 bits per heavy atom. The molecule has 2 nitrogen and oxygen atoms in total. The summed E-state index contributed by atoms with van der Waals surface area (Å²) in [5.41, 5.74) is 0. The van der Waals surface area contributed by atoms with Gasteiger partial charge in [-0.15, -0.1) is 13.2 Å². The van der Waals surface area contributed by atoms with Crippen LogP contribution >= 0.6 is 0 Å². The van der Waals surface area contributed by atoms with Crippen molar-refractivity contribution in [3.63, 3.8) is 0 Å².